The molecule has 0 bridgehead atoms. The Kier molecular flexibility index (Phi) is 3.71. The minimum atomic E-state index is -0.714. The molecule has 0 amide bonds. The van der Waals surface area contributed by atoms with Gasteiger partial charge in [0.1, 0.15) is 0 Å². The fourth-order valence-electron chi connectivity index (χ4n) is 2.94. The van der Waals surface area contributed by atoms with Gasteiger partial charge in [0, 0.05) is 0 Å². The molecule has 1 aromatic rings. The Bertz CT molecular complexity index is 431. The van der Waals surface area contributed by atoms with Gasteiger partial charge in [-0.3, -0.25) is 4.79 Å². The lowest BCUT2D eigenvalue weighted by Gasteiger charge is -2.25. The SMILES string of the molecule is CC(O)Cc1cccc(C2(C(=O)O)CCCC2)c1. The number of carbonyl (C=O) groups is 1. The van der Waals surface area contributed by atoms with Crippen molar-refractivity contribution in [3.63, 3.8) is 0 Å². The molecule has 2 N–H and O–H groups in total. The zero-order chi connectivity index (χ0) is 13.2. The predicted octanol–water partition coefficient (Wildman–Crippen LogP) is 2.51. The molecule has 1 fully saturated rings. The number of carboxylic acid groups (broad SMARTS) is 1. The van der Waals surface area contributed by atoms with Crippen molar-refractivity contribution in [2.45, 2.75) is 50.5 Å². The summed E-state index contributed by atoms with van der Waals surface area (Å²) in [6, 6.07) is 7.70. The number of aliphatic hydroxyl groups is 1. The molecule has 0 saturated heterocycles. The van der Waals surface area contributed by atoms with Crippen LogP contribution in [0.3, 0.4) is 0 Å². The number of aliphatic hydroxyl groups excluding tert-OH is 1. The van der Waals surface area contributed by atoms with Gasteiger partial charge < -0.3 is 10.2 Å². The lowest BCUT2D eigenvalue weighted by atomic mass is 9.78. The van der Waals surface area contributed by atoms with E-state index in [-0.39, 0.29) is 0 Å². The second-order valence-corrected chi connectivity index (χ2v) is 5.35. The Morgan fingerprint density at radius 3 is 2.61 bits per heavy atom. The zero-order valence-corrected chi connectivity index (χ0v) is 10.7. The minimum Gasteiger partial charge on any atom is -0.481 e. The number of hydrogen-bond donors (Lipinski definition) is 2. The summed E-state index contributed by atoms with van der Waals surface area (Å²) in [5, 5.41) is 19.0. The second kappa shape index (κ2) is 5.11. The third-order valence-corrected chi connectivity index (χ3v) is 3.88. The van der Waals surface area contributed by atoms with E-state index in [4.69, 9.17) is 0 Å². The summed E-state index contributed by atoms with van der Waals surface area (Å²) in [5.74, 6) is -0.714. The molecule has 1 aromatic carbocycles. The van der Waals surface area contributed by atoms with E-state index < -0.39 is 17.5 Å². The Balaban J connectivity index is 2.34. The van der Waals surface area contributed by atoms with E-state index in [9.17, 15) is 15.0 Å². The predicted molar refractivity (Wildman–Crippen MR) is 69.6 cm³/mol. The van der Waals surface area contributed by atoms with Crippen LogP contribution >= 0.6 is 0 Å². The van der Waals surface area contributed by atoms with Crippen molar-refractivity contribution < 1.29 is 15.0 Å². The summed E-state index contributed by atoms with van der Waals surface area (Å²) in [6.45, 7) is 1.75. The van der Waals surface area contributed by atoms with Crippen LogP contribution in [0.4, 0.5) is 0 Å². The van der Waals surface area contributed by atoms with Crippen LogP contribution in [0.5, 0.6) is 0 Å². The first kappa shape index (κ1) is 13.1. The van der Waals surface area contributed by atoms with Gasteiger partial charge in [0.05, 0.1) is 11.5 Å². The van der Waals surface area contributed by atoms with Crippen LogP contribution in [-0.4, -0.2) is 22.3 Å². The third-order valence-electron chi connectivity index (χ3n) is 3.88. The van der Waals surface area contributed by atoms with Gasteiger partial charge in [0.25, 0.3) is 0 Å². The molecular formula is C15H20O3. The molecular weight excluding hydrogens is 228 g/mol. The average Bonchev–Trinajstić information content (AvgIpc) is 2.78. The van der Waals surface area contributed by atoms with Crippen molar-refractivity contribution >= 4 is 5.97 Å². The smallest absolute Gasteiger partial charge is 0.314 e. The molecule has 1 atom stereocenters. The molecule has 0 spiro atoms. The first-order chi connectivity index (χ1) is 8.54. The van der Waals surface area contributed by atoms with Crippen LogP contribution < -0.4 is 0 Å². The van der Waals surface area contributed by atoms with E-state index >= 15 is 0 Å². The van der Waals surface area contributed by atoms with Gasteiger partial charge in [-0.15, -0.1) is 0 Å². The Hall–Kier alpha value is -1.35. The quantitative estimate of drug-likeness (QED) is 0.860. The van der Waals surface area contributed by atoms with Crippen LogP contribution in [0.25, 0.3) is 0 Å². The topological polar surface area (TPSA) is 57.5 Å². The summed E-state index contributed by atoms with van der Waals surface area (Å²) < 4.78 is 0. The fraction of sp³-hybridized carbons (Fsp3) is 0.533. The highest BCUT2D eigenvalue weighted by Crippen LogP contribution is 2.41. The Morgan fingerprint density at radius 2 is 2.06 bits per heavy atom. The van der Waals surface area contributed by atoms with Gasteiger partial charge in [-0.05, 0) is 37.3 Å². The van der Waals surface area contributed by atoms with Gasteiger partial charge in [0.2, 0.25) is 0 Å². The molecule has 2 rings (SSSR count). The number of aliphatic carboxylic acids is 1. The molecule has 98 valence electrons. The molecule has 0 aromatic heterocycles. The van der Waals surface area contributed by atoms with E-state index in [0.717, 1.165) is 36.8 Å². The van der Waals surface area contributed by atoms with Crippen LogP contribution in [-0.2, 0) is 16.6 Å². The van der Waals surface area contributed by atoms with Crippen LogP contribution in [0.2, 0.25) is 0 Å². The molecule has 1 saturated carbocycles. The lowest BCUT2D eigenvalue weighted by molar-refractivity contribution is -0.143. The van der Waals surface area contributed by atoms with Crippen molar-refractivity contribution in [1.82, 2.24) is 0 Å². The van der Waals surface area contributed by atoms with E-state index in [1.165, 1.54) is 0 Å². The van der Waals surface area contributed by atoms with Gasteiger partial charge in [-0.1, -0.05) is 37.1 Å². The van der Waals surface area contributed by atoms with Crippen LogP contribution in [0.1, 0.15) is 43.7 Å². The van der Waals surface area contributed by atoms with Crippen molar-refractivity contribution in [2.75, 3.05) is 0 Å². The van der Waals surface area contributed by atoms with Gasteiger partial charge in [0.15, 0.2) is 0 Å². The second-order valence-electron chi connectivity index (χ2n) is 5.35. The summed E-state index contributed by atoms with van der Waals surface area (Å²) in [6.07, 6.45) is 3.58. The number of carboxylic acids is 1. The van der Waals surface area contributed by atoms with Crippen molar-refractivity contribution in [3.05, 3.63) is 35.4 Å². The summed E-state index contributed by atoms with van der Waals surface area (Å²) in [4.78, 5) is 11.6. The Labute approximate surface area is 107 Å². The van der Waals surface area contributed by atoms with Gasteiger partial charge >= 0.3 is 5.97 Å². The first-order valence-electron chi connectivity index (χ1n) is 6.55. The van der Waals surface area contributed by atoms with Crippen molar-refractivity contribution in [3.8, 4) is 0 Å². The molecule has 1 aliphatic carbocycles. The molecule has 3 heteroatoms. The van der Waals surface area contributed by atoms with Crippen LogP contribution in [0.15, 0.2) is 24.3 Å². The molecule has 0 heterocycles. The summed E-state index contributed by atoms with van der Waals surface area (Å²) in [7, 11) is 0. The average molecular weight is 248 g/mol. The van der Waals surface area contributed by atoms with E-state index in [2.05, 4.69) is 0 Å². The summed E-state index contributed by atoms with van der Waals surface area (Å²) >= 11 is 0. The first-order valence-corrected chi connectivity index (χ1v) is 6.55. The van der Waals surface area contributed by atoms with Crippen molar-refractivity contribution in [1.29, 1.82) is 0 Å². The maximum absolute atomic E-state index is 11.6. The molecule has 18 heavy (non-hydrogen) atoms. The maximum atomic E-state index is 11.6. The molecule has 0 aliphatic heterocycles. The third kappa shape index (κ3) is 2.41. The number of rotatable bonds is 4. The van der Waals surface area contributed by atoms with Crippen molar-refractivity contribution in [2.24, 2.45) is 0 Å². The largest absolute Gasteiger partial charge is 0.481 e. The number of benzene rings is 1. The molecule has 1 aliphatic rings. The van der Waals surface area contributed by atoms with Crippen LogP contribution in [0, 0.1) is 0 Å². The van der Waals surface area contributed by atoms with Gasteiger partial charge in [-0.25, -0.2) is 0 Å². The Morgan fingerprint density at radius 1 is 1.39 bits per heavy atom. The standard InChI is InChI=1S/C15H20O3/c1-11(16)9-12-5-4-6-13(10-12)15(14(17)18)7-2-3-8-15/h4-6,10-11,16H,2-3,7-9H2,1H3,(H,17,18). The fourth-order valence-corrected chi connectivity index (χ4v) is 2.94. The monoisotopic (exact) mass is 248 g/mol. The molecule has 3 nitrogen and oxygen atoms in total. The normalized spacial score (nSPS) is 19.7. The highest BCUT2D eigenvalue weighted by atomic mass is 16.4. The molecule has 1 unspecified atom stereocenters. The summed E-state index contributed by atoms with van der Waals surface area (Å²) in [5.41, 5.74) is 1.20. The minimum absolute atomic E-state index is 0.399. The molecule has 0 radical (unpaired) electrons. The van der Waals surface area contributed by atoms with E-state index in [1.54, 1.807) is 6.92 Å². The lowest BCUT2D eigenvalue weighted by Crippen LogP contribution is -2.32. The van der Waals surface area contributed by atoms with E-state index in [1.807, 2.05) is 24.3 Å². The maximum Gasteiger partial charge on any atom is 0.314 e. The number of hydrogen-bond acceptors (Lipinski definition) is 2. The highest BCUT2D eigenvalue weighted by molar-refractivity contribution is 5.81. The highest BCUT2D eigenvalue weighted by Gasteiger charge is 2.42. The van der Waals surface area contributed by atoms with E-state index in [0.29, 0.717) is 6.42 Å². The van der Waals surface area contributed by atoms with Gasteiger partial charge in [-0.2, -0.15) is 0 Å². The zero-order valence-electron chi connectivity index (χ0n) is 10.7.